The molecule has 1 saturated carbocycles. The lowest BCUT2D eigenvalue weighted by Crippen LogP contribution is -2.27. The Labute approximate surface area is 87.6 Å². The molecule has 1 aliphatic rings. The lowest BCUT2D eigenvalue weighted by atomic mass is 9.71. The number of hydrogen-bond acceptors (Lipinski definition) is 1. The first-order valence-corrected chi connectivity index (χ1v) is 5.89. The quantitative estimate of drug-likeness (QED) is 0.483. The second-order valence-electron chi connectivity index (χ2n) is 4.44. The van der Waals surface area contributed by atoms with Crippen LogP contribution in [0.2, 0.25) is 0 Å². The predicted molar refractivity (Wildman–Crippen MR) is 60.1 cm³/mol. The Balaban J connectivity index is 2.60. The lowest BCUT2D eigenvalue weighted by molar-refractivity contribution is -0.113. The van der Waals surface area contributed by atoms with Crippen molar-refractivity contribution in [2.75, 3.05) is 0 Å². The number of allylic oxidation sites excluding steroid dienone is 1. The van der Waals surface area contributed by atoms with E-state index in [0.29, 0.717) is 11.8 Å². The van der Waals surface area contributed by atoms with Crippen LogP contribution in [0.15, 0.2) is 12.7 Å². The molecule has 0 heterocycles. The van der Waals surface area contributed by atoms with Crippen LogP contribution >= 0.6 is 0 Å². The molecule has 0 N–H and O–H groups in total. The van der Waals surface area contributed by atoms with Crippen molar-refractivity contribution in [3.8, 4) is 0 Å². The second-order valence-corrected chi connectivity index (χ2v) is 4.44. The SMILES string of the molecule is C=CCC1CCCCC1C(C=O)CC. The molecule has 0 aliphatic heterocycles. The minimum atomic E-state index is 0.292. The summed E-state index contributed by atoms with van der Waals surface area (Å²) in [7, 11) is 0. The molecule has 14 heavy (non-hydrogen) atoms. The van der Waals surface area contributed by atoms with Gasteiger partial charge < -0.3 is 4.79 Å². The molecule has 1 aliphatic carbocycles. The molecule has 3 unspecified atom stereocenters. The summed E-state index contributed by atoms with van der Waals surface area (Å²) in [6, 6.07) is 0. The van der Waals surface area contributed by atoms with Gasteiger partial charge in [0.1, 0.15) is 6.29 Å². The van der Waals surface area contributed by atoms with E-state index in [-0.39, 0.29) is 0 Å². The van der Waals surface area contributed by atoms with Gasteiger partial charge in [-0.1, -0.05) is 25.8 Å². The highest BCUT2D eigenvalue weighted by molar-refractivity contribution is 5.54. The summed E-state index contributed by atoms with van der Waals surface area (Å²) in [5.41, 5.74) is 0. The number of aldehydes is 1. The summed E-state index contributed by atoms with van der Waals surface area (Å²) in [6.07, 6.45) is 10.5. The van der Waals surface area contributed by atoms with Crippen LogP contribution in [-0.2, 0) is 4.79 Å². The molecular formula is C13H22O. The molecule has 1 nitrogen and oxygen atoms in total. The van der Waals surface area contributed by atoms with E-state index in [2.05, 4.69) is 13.5 Å². The first-order valence-electron chi connectivity index (χ1n) is 5.89. The van der Waals surface area contributed by atoms with E-state index in [1.54, 1.807) is 0 Å². The van der Waals surface area contributed by atoms with E-state index in [9.17, 15) is 4.79 Å². The fraction of sp³-hybridized carbons (Fsp3) is 0.769. The molecule has 0 bridgehead atoms. The topological polar surface area (TPSA) is 17.1 Å². The van der Waals surface area contributed by atoms with E-state index < -0.39 is 0 Å². The molecule has 0 spiro atoms. The van der Waals surface area contributed by atoms with E-state index in [1.807, 2.05) is 6.08 Å². The Bertz CT molecular complexity index is 186. The maximum Gasteiger partial charge on any atom is 0.123 e. The van der Waals surface area contributed by atoms with Gasteiger partial charge in [-0.2, -0.15) is 0 Å². The van der Waals surface area contributed by atoms with E-state index in [0.717, 1.165) is 18.8 Å². The van der Waals surface area contributed by atoms with Gasteiger partial charge in [0.05, 0.1) is 0 Å². The first-order chi connectivity index (χ1) is 6.83. The Morgan fingerprint density at radius 3 is 2.71 bits per heavy atom. The molecule has 0 aromatic heterocycles. The fourth-order valence-corrected chi connectivity index (χ4v) is 2.81. The molecule has 1 heteroatoms. The zero-order chi connectivity index (χ0) is 10.4. The zero-order valence-corrected chi connectivity index (χ0v) is 9.24. The van der Waals surface area contributed by atoms with Gasteiger partial charge in [-0.25, -0.2) is 0 Å². The average molecular weight is 194 g/mol. The van der Waals surface area contributed by atoms with Crippen molar-refractivity contribution in [3.05, 3.63) is 12.7 Å². The van der Waals surface area contributed by atoms with E-state index in [1.165, 1.54) is 32.0 Å². The highest BCUT2D eigenvalue weighted by atomic mass is 16.1. The molecule has 1 fully saturated rings. The van der Waals surface area contributed by atoms with Gasteiger partial charge in [0.15, 0.2) is 0 Å². The van der Waals surface area contributed by atoms with Gasteiger partial charge in [-0.05, 0) is 37.5 Å². The number of hydrogen-bond donors (Lipinski definition) is 0. The summed E-state index contributed by atoms with van der Waals surface area (Å²) in [6.45, 7) is 5.94. The Kier molecular flexibility index (Phi) is 4.92. The van der Waals surface area contributed by atoms with E-state index in [4.69, 9.17) is 0 Å². The normalized spacial score (nSPS) is 29.5. The van der Waals surface area contributed by atoms with Crippen molar-refractivity contribution in [1.82, 2.24) is 0 Å². The van der Waals surface area contributed by atoms with Crippen LogP contribution in [-0.4, -0.2) is 6.29 Å². The van der Waals surface area contributed by atoms with Crippen LogP contribution in [0.4, 0.5) is 0 Å². The molecule has 0 aromatic carbocycles. The molecule has 1 rings (SSSR count). The lowest BCUT2D eigenvalue weighted by Gasteiger charge is -2.34. The van der Waals surface area contributed by atoms with Crippen molar-refractivity contribution >= 4 is 6.29 Å². The van der Waals surface area contributed by atoms with Crippen molar-refractivity contribution in [2.45, 2.75) is 45.4 Å². The van der Waals surface area contributed by atoms with Crippen LogP contribution < -0.4 is 0 Å². The maximum atomic E-state index is 11.0. The third-order valence-corrected chi connectivity index (χ3v) is 3.63. The molecule has 0 radical (unpaired) electrons. The predicted octanol–water partition coefficient (Wildman–Crippen LogP) is 3.59. The van der Waals surface area contributed by atoms with Gasteiger partial charge in [0.2, 0.25) is 0 Å². The van der Waals surface area contributed by atoms with E-state index >= 15 is 0 Å². The molecule has 80 valence electrons. The summed E-state index contributed by atoms with van der Waals surface area (Å²) in [5, 5.41) is 0. The third-order valence-electron chi connectivity index (χ3n) is 3.63. The third kappa shape index (κ3) is 2.70. The first kappa shape index (κ1) is 11.5. The van der Waals surface area contributed by atoms with Gasteiger partial charge in [0, 0.05) is 5.92 Å². The average Bonchev–Trinajstić information content (AvgIpc) is 2.23. The van der Waals surface area contributed by atoms with Crippen molar-refractivity contribution in [3.63, 3.8) is 0 Å². The second kappa shape index (κ2) is 6.00. The minimum Gasteiger partial charge on any atom is -0.303 e. The van der Waals surface area contributed by atoms with Crippen LogP contribution in [0.3, 0.4) is 0 Å². The smallest absolute Gasteiger partial charge is 0.123 e. The maximum absolute atomic E-state index is 11.0. The largest absolute Gasteiger partial charge is 0.303 e. The highest BCUT2D eigenvalue weighted by Crippen LogP contribution is 2.37. The van der Waals surface area contributed by atoms with Gasteiger partial charge in [-0.3, -0.25) is 0 Å². The van der Waals surface area contributed by atoms with Crippen molar-refractivity contribution < 1.29 is 4.79 Å². The van der Waals surface area contributed by atoms with Crippen LogP contribution in [0.25, 0.3) is 0 Å². The summed E-state index contributed by atoms with van der Waals surface area (Å²) in [5.74, 6) is 1.64. The Hall–Kier alpha value is -0.590. The fourth-order valence-electron chi connectivity index (χ4n) is 2.81. The number of carbonyl (C=O) groups is 1. The molecule has 0 amide bonds. The Morgan fingerprint density at radius 1 is 1.43 bits per heavy atom. The highest BCUT2D eigenvalue weighted by Gasteiger charge is 2.29. The zero-order valence-electron chi connectivity index (χ0n) is 9.24. The standard InChI is InChI=1S/C13H22O/c1-3-7-12-8-5-6-9-13(12)11(4-2)10-14/h3,10-13H,1,4-9H2,2H3. The van der Waals surface area contributed by atoms with Crippen LogP contribution in [0, 0.1) is 17.8 Å². The van der Waals surface area contributed by atoms with Gasteiger partial charge >= 0.3 is 0 Å². The monoisotopic (exact) mass is 194 g/mol. The molecular weight excluding hydrogens is 172 g/mol. The van der Waals surface area contributed by atoms with Crippen molar-refractivity contribution in [2.24, 2.45) is 17.8 Å². The summed E-state index contributed by atoms with van der Waals surface area (Å²) in [4.78, 5) is 11.0. The molecule has 3 atom stereocenters. The Morgan fingerprint density at radius 2 is 2.14 bits per heavy atom. The van der Waals surface area contributed by atoms with Gasteiger partial charge in [0.25, 0.3) is 0 Å². The number of rotatable bonds is 5. The van der Waals surface area contributed by atoms with Crippen molar-refractivity contribution in [1.29, 1.82) is 0 Å². The van der Waals surface area contributed by atoms with Crippen LogP contribution in [0.5, 0.6) is 0 Å². The summed E-state index contributed by atoms with van der Waals surface area (Å²) < 4.78 is 0. The van der Waals surface area contributed by atoms with Gasteiger partial charge in [-0.15, -0.1) is 6.58 Å². The molecule has 0 saturated heterocycles. The molecule has 0 aromatic rings. The summed E-state index contributed by atoms with van der Waals surface area (Å²) >= 11 is 0. The minimum absolute atomic E-state index is 0.292. The van der Waals surface area contributed by atoms with Crippen LogP contribution in [0.1, 0.15) is 45.4 Å². The number of carbonyl (C=O) groups excluding carboxylic acids is 1.